The fourth-order valence-corrected chi connectivity index (χ4v) is 5.85. The third kappa shape index (κ3) is 5.26. The van der Waals surface area contributed by atoms with Crippen LogP contribution in [-0.2, 0) is 9.53 Å². The molecular weight excluding hydrogens is 560 g/mol. The summed E-state index contributed by atoms with van der Waals surface area (Å²) >= 11 is 1.15. The standard InChI is InChI=1S/C31H28N2O8S/c1-5-39-24-15-18(11-13-23(24)38-4)27-26(30(37)40-6-2)17(3)32-31-33(27)28(34)25(42-31)16-19-12-14-22(41-19)20-9-7-8-10-21(20)29(35)36/h7-16,27H,5-6H2,1-4H3,(H,35,36). The SMILES string of the molecule is CCOC(=O)C1=C(C)N=c2sc(=Cc3ccc(-c4ccccc4C(=O)O)o3)c(=O)n2C1c1ccc(OC)c(OCC)c1. The summed E-state index contributed by atoms with van der Waals surface area (Å²) in [7, 11) is 1.54. The summed E-state index contributed by atoms with van der Waals surface area (Å²) in [5.74, 6) is 0.0606. The van der Waals surface area contributed by atoms with Gasteiger partial charge in [-0.2, -0.15) is 0 Å². The van der Waals surface area contributed by atoms with Crippen molar-refractivity contribution in [3.05, 3.63) is 102 Å². The van der Waals surface area contributed by atoms with Crippen LogP contribution in [0.1, 0.15) is 48.5 Å². The topological polar surface area (TPSA) is 130 Å². The number of aromatic nitrogens is 1. The van der Waals surface area contributed by atoms with Crippen molar-refractivity contribution in [3.8, 4) is 22.8 Å². The van der Waals surface area contributed by atoms with Gasteiger partial charge in [0.1, 0.15) is 11.5 Å². The van der Waals surface area contributed by atoms with Crippen molar-refractivity contribution < 1.29 is 33.3 Å². The normalized spacial score (nSPS) is 14.8. The van der Waals surface area contributed by atoms with Crippen molar-refractivity contribution in [2.75, 3.05) is 20.3 Å². The van der Waals surface area contributed by atoms with Crippen LogP contribution < -0.4 is 24.4 Å². The molecule has 2 aromatic heterocycles. The minimum atomic E-state index is -1.07. The quantitative estimate of drug-likeness (QED) is 0.289. The fraction of sp³-hybridized carbons (Fsp3) is 0.226. The number of hydrogen-bond acceptors (Lipinski definition) is 9. The predicted molar refractivity (Wildman–Crippen MR) is 156 cm³/mol. The van der Waals surface area contributed by atoms with E-state index in [1.165, 1.54) is 17.7 Å². The molecule has 216 valence electrons. The van der Waals surface area contributed by atoms with E-state index in [0.29, 0.717) is 55.8 Å². The molecule has 42 heavy (non-hydrogen) atoms. The molecule has 5 rings (SSSR count). The number of aromatic carboxylic acids is 1. The first-order chi connectivity index (χ1) is 20.3. The summed E-state index contributed by atoms with van der Waals surface area (Å²) < 4.78 is 24.3. The molecule has 1 aliphatic heterocycles. The highest BCUT2D eigenvalue weighted by Crippen LogP contribution is 2.36. The van der Waals surface area contributed by atoms with E-state index < -0.39 is 18.0 Å². The van der Waals surface area contributed by atoms with Gasteiger partial charge in [-0.1, -0.05) is 35.6 Å². The number of hydrogen-bond donors (Lipinski definition) is 1. The lowest BCUT2D eigenvalue weighted by Crippen LogP contribution is -2.39. The summed E-state index contributed by atoms with van der Waals surface area (Å²) in [5.41, 5.74) is 1.45. The first kappa shape index (κ1) is 28.6. The molecule has 0 saturated heterocycles. The van der Waals surface area contributed by atoms with E-state index in [-0.39, 0.29) is 23.3 Å². The first-order valence-electron chi connectivity index (χ1n) is 13.2. The number of carboxylic acid groups (broad SMARTS) is 1. The number of benzene rings is 2. The van der Waals surface area contributed by atoms with Crippen molar-refractivity contribution in [2.24, 2.45) is 4.99 Å². The summed E-state index contributed by atoms with van der Waals surface area (Å²) in [5, 5.41) is 9.56. The number of rotatable bonds is 9. The van der Waals surface area contributed by atoms with Crippen LogP contribution >= 0.6 is 11.3 Å². The Balaban J connectivity index is 1.66. The monoisotopic (exact) mass is 588 g/mol. The molecule has 0 bridgehead atoms. The largest absolute Gasteiger partial charge is 0.493 e. The molecule has 0 fully saturated rings. The Morgan fingerprint density at radius 2 is 1.88 bits per heavy atom. The van der Waals surface area contributed by atoms with Crippen LogP contribution in [-0.4, -0.2) is 41.9 Å². The van der Waals surface area contributed by atoms with Gasteiger partial charge in [0, 0.05) is 11.6 Å². The van der Waals surface area contributed by atoms with Crippen molar-refractivity contribution in [1.29, 1.82) is 0 Å². The van der Waals surface area contributed by atoms with Gasteiger partial charge in [0.25, 0.3) is 5.56 Å². The highest BCUT2D eigenvalue weighted by atomic mass is 32.1. The highest BCUT2D eigenvalue weighted by molar-refractivity contribution is 7.07. The van der Waals surface area contributed by atoms with Gasteiger partial charge in [-0.3, -0.25) is 9.36 Å². The van der Waals surface area contributed by atoms with E-state index in [1.54, 1.807) is 68.5 Å². The molecule has 3 heterocycles. The zero-order valence-corrected chi connectivity index (χ0v) is 24.2. The second-order valence-corrected chi connectivity index (χ2v) is 10.2. The number of methoxy groups -OCH3 is 1. The Morgan fingerprint density at radius 1 is 1.10 bits per heavy atom. The number of carboxylic acids is 1. The highest BCUT2D eigenvalue weighted by Gasteiger charge is 2.34. The molecule has 0 spiro atoms. The number of carbonyl (C=O) groups excluding carboxylic acids is 1. The number of esters is 1. The number of ether oxygens (including phenoxy) is 3. The van der Waals surface area contributed by atoms with E-state index in [1.807, 2.05) is 6.92 Å². The maximum atomic E-state index is 13.9. The third-order valence-electron chi connectivity index (χ3n) is 6.64. The molecule has 1 N–H and O–H groups in total. The molecule has 0 amide bonds. The maximum absolute atomic E-state index is 13.9. The summed E-state index contributed by atoms with van der Waals surface area (Å²) in [4.78, 5) is 43.8. The molecule has 0 aliphatic carbocycles. The molecule has 2 aromatic carbocycles. The minimum Gasteiger partial charge on any atom is -0.493 e. The van der Waals surface area contributed by atoms with Crippen LogP contribution in [0.4, 0.5) is 0 Å². The smallest absolute Gasteiger partial charge is 0.338 e. The molecule has 0 saturated carbocycles. The van der Waals surface area contributed by atoms with Gasteiger partial charge in [0.15, 0.2) is 16.3 Å². The Morgan fingerprint density at radius 3 is 2.60 bits per heavy atom. The van der Waals surface area contributed by atoms with Gasteiger partial charge in [0.05, 0.1) is 47.7 Å². The molecule has 0 radical (unpaired) electrons. The Bertz CT molecular complexity index is 1900. The zero-order valence-electron chi connectivity index (χ0n) is 23.4. The first-order valence-corrected chi connectivity index (χ1v) is 14.0. The number of carbonyl (C=O) groups is 2. The lowest BCUT2D eigenvalue weighted by Gasteiger charge is -2.25. The zero-order chi connectivity index (χ0) is 30.0. The molecule has 11 heteroatoms. The van der Waals surface area contributed by atoms with Crippen LogP contribution in [0.5, 0.6) is 11.5 Å². The number of allylic oxidation sites excluding steroid dienone is 1. The number of fused-ring (bicyclic) bond motifs is 1. The summed E-state index contributed by atoms with van der Waals surface area (Å²) in [6.07, 6.45) is 1.58. The van der Waals surface area contributed by atoms with Gasteiger partial charge in [-0.05, 0) is 56.7 Å². The fourth-order valence-electron chi connectivity index (χ4n) is 4.83. The third-order valence-corrected chi connectivity index (χ3v) is 7.63. The Labute approximate surface area is 244 Å². The average molecular weight is 589 g/mol. The Hall–Kier alpha value is -4.90. The van der Waals surface area contributed by atoms with Crippen LogP contribution in [0, 0.1) is 0 Å². The van der Waals surface area contributed by atoms with Crippen molar-refractivity contribution in [3.63, 3.8) is 0 Å². The summed E-state index contributed by atoms with van der Waals surface area (Å²) in [6.45, 7) is 5.83. The molecule has 4 aromatic rings. The second kappa shape index (κ2) is 11.9. The van der Waals surface area contributed by atoms with Crippen LogP contribution in [0.15, 0.2) is 80.1 Å². The summed E-state index contributed by atoms with van der Waals surface area (Å²) in [6, 6.07) is 14.3. The van der Waals surface area contributed by atoms with Gasteiger partial charge >= 0.3 is 11.9 Å². The van der Waals surface area contributed by atoms with Crippen molar-refractivity contribution in [1.82, 2.24) is 4.57 Å². The maximum Gasteiger partial charge on any atom is 0.338 e. The average Bonchev–Trinajstić information content (AvgIpc) is 3.56. The number of furan rings is 1. The van der Waals surface area contributed by atoms with E-state index >= 15 is 0 Å². The van der Waals surface area contributed by atoms with Gasteiger partial charge in [-0.25, -0.2) is 14.6 Å². The van der Waals surface area contributed by atoms with Gasteiger partial charge in [-0.15, -0.1) is 0 Å². The van der Waals surface area contributed by atoms with Gasteiger partial charge in [0.2, 0.25) is 0 Å². The lowest BCUT2D eigenvalue weighted by atomic mass is 9.95. The van der Waals surface area contributed by atoms with Crippen LogP contribution in [0.25, 0.3) is 17.4 Å². The van der Waals surface area contributed by atoms with Crippen molar-refractivity contribution in [2.45, 2.75) is 26.8 Å². The minimum absolute atomic E-state index is 0.102. The molecule has 1 atom stereocenters. The predicted octanol–water partition coefficient (Wildman–Crippen LogP) is 4.16. The molecular formula is C31H28N2O8S. The van der Waals surface area contributed by atoms with Crippen molar-refractivity contribution >= 4 is 29.4 Å². The van der Waals surface area contributed by atoms with E-state index in [4.69, 9.17) is 18.6 Å². The van der Waals surface area contributed by atoms with E-state index in [9.17, 15) is 19.5 Å². The van der Waals surface area contributed by atoms with E-state index in [0.717, 1.165) is 11.3 Å². The van der Waals surface area contributed by atoms with Crippen LogP contribution in [0.3, 0.4) is 0 Å². The van der Waals surface area contributed by atoms with Gasteiger partial charge < -0.3 is 23.7 Å². The second-order valence-electron chi connectivity index (χ2n) is 9.20. The molecule has 10 nitrogen and oxygen atoms in total. The lowest BCUT2D eigenvalue weighted by molar-refractivity contribution is -0.139. The van der Waals surface area contributed by atoms with Crippen LogP contribution in [0.2, 0.25) is 0 Å². The molecule has 1 aliphatic rings. The Kier molecular flexibility index (Phi) is 8.12. The molecule has 1 unspecified atom stereocenters. The number of nitrogens with zero attached hydrogens (tertiary/aromatic N) is 2. The number of thiazole rings is 1. The van der Waals surface area contributed by atoms with E-state index in [2.05, 4.69) is 4.99 Å².